The van der Waals surface area contributed by atoms with Crippen LogP contribution < -0.4 is 4.74 Å². The fraction of sp³-hybridized carbons (Fsp3) is 0.591. The van der Waals surface area contributed by atoms with Crippen molar-refractivity contribution in [1.29, 1.82) is 0 Å². The molecule has 0 atom stereocenters. The van der Waals surface area contributed by atoms with Crippen molar-refractivity contribution in [2.24, 2.45) is 0 Å². The number of hydrogen-bond donors (Lipinski definition) is 0. The number of pyridine rings is 1. The molecule has 2 aliphatic rings. The van der Waals surface area contributed by atoms with Crippen LogP contribution >= 0.6 is 11.3 Å². The van der Waals surface area contributed by atoms with Crippen LogP contribution in [-0.2, 0) is 12.7 Å². The number of ether oxygens (including phenoxy) is 1. The van der Waals surface area contributed by atoms with Crippen LogP contribution in [0.15, 0.2) is 30.5 Å². The molecular weight excluding hydrogens is 411 g/mol. The average molecular weight is 440 g/mol. The molecule has 4 rings (SSSR count). The number of halogens is 3. The summed E-state index contributed by atoms with van der Waals surface area (Å²) in [7, 11) is 0. The molecule has 2 fully saturated rings. The summed E-state index contributed by atoms with van der Waals surface area (Å²) in [5, 5.41) is 0. The normalized spacial score (nSPS) is 20.5. The highest BCUT2D eigenvalue weighted by Gasteiger charge is 2.31. The number of piperidine rings is 2. The van der Waals surface area contributed by atoms with Gasteiger partial charge in [-0.3, -0.25) is 4.90 Å². The lowest BCUT2D eigenvalue weighted by Crippen LogP contribution is -2.48. The van der Waals surface area contributed by atoms with Gasteiger partial charge in [-0.05, 0) is 50.8 Å². The van der Waals surface area contributed by atoms with E-state index in [2.05, 4.69) is 33.8 Å². The van der Waals surface area contributed by atoms with E-state index in [4.69, 9.17) is 4.74 Å². The minimum atomic E-state index is -4.37. The standard InChI is InChI=1S/C22H28F3N3OS/c1-16-2-4-20(30-16)15-27-10-6-18(7-11-27)28-12-8-19(9-13-28)29-21-5-3-17(14-26-21)22(23,24)25/h2-5,14,18-19H,6-13,15H2,1H3. The third-order valence-corrected chi connectivity index (χ3v) is 7.06. The smallest absolute Gasteiger partial charge is 0.417 e. The first kappa shape index (κ1) is 21.6. The summed E-state index contributed by atoms with van der Waals surface area (Å²) in [6.45, 7) is 7.42. The average Bonchev–Trinajstić information content (AvgIpc) is 3.14. The van der Waals surface area contributed by atoms with Crippen LogP contribution in [-0.4, -0.2) is 53.1 Å². The van der Waals surface area contributed by atoms with E-state index in [1.54, 1.807) is 0 Å². The molecule has 2 aliphatic heterocycles. The van der Waals surface area contributed by atoms with Gasteiger partial charge in [0.25, 0.3) is 0 Å². The maximum absolute atomic E-state index is 12.6. The Bertz CT molecular complexity index is 808. The van der Waals surface area contributed by atoms with Gasteiger partial charge < -0.3 is 9.64 Å². The van der Waals surface area contributed by atoms with Gasteiger partial charge in [0.15, 0.2) is 0 Å². The first-order valence-corrected chi connectivity index (χ1v) is 11.4. The van der Waals surface area contributed by atoms with E-state index in [0.29, 0.717) is 6.04 Å². The molecule has 0 bridgehead atoms. The Balaban J connectivity index is 1.19. The summed E-state index contributed by atoms with van der Waals surface area (Å²) in [6.07, 6.45) is 0.652. The third-order valence-electron chi connectivity index (χ3n) is 6.08. The Morgan fingerprint density at radius 1 is 1.03 bits per heavy atom. The summed E-state index contributed by atoms with van der Waals surface area (Å²) < 4.78 is 43.8. The molecule has 164 valence electrons. The Labute approximate surface area is 179 Å². The van der Waals surface area contributed by atoms with Gasteiger partial charge >= 0.3 is 6.18 Å². The number of nitrogens with zero attached hydrogens (tertiary/aromatic N) is 3. The number of rotatable bonds is 5. The quantitative estimate of drug-likeness (QED) is 0.657. The molecule has 4 nitrogen and oxygen atoms in total. The van der Waals surface area contributed by atoms with E-state index >= 15 is 0 Å². The molecule has 0 spiro atoms. The SMILES string of the molecule is Cc1ccc(CN2CCC(N3CCC(Oc4ccc(C(F)(F)F)cn4)CC3)CC2)s1. The predicted molar refractivity (Wildman–Crippen MR) is 112 cm³/mol. The number of likely N-dealkylation sites (tertiary alicyclic amines) is 2. The summed E-state index contributed by atoms with van der Waals surface area (Å²) in [4.78, 5) is 11.8. The zero-order chi connectivity index (χ0) is 21.1. The Morgan fingerprint density at radius 3 is 2.33 bits per heavy atom. The fourth-order valence-corrected chi connectivity index (χ4v) is 5.31. The molecule has 2 aromatic heterocycles. The lowest BCUT2D eigenvalue weighted by atomic mass is 9.99. The second-order valence-corrected chi connectivity index (χ2v) is 9.63. The van der Waals surface area contributed by atoms with Gasteiger partial charge in [-0.2, -0.15) is 13.2 Å². The van der Waals surface area contributed by atoms with Crippen molar-refractivity contribution >= 4 is 11.3 Å². The molecule has 0 amide bonds. The number of aromatic nitrogens is 1. The maximum Gasteiger partial charge on any atom is 0.417 e. The number of thiophene rings is 1. The van der Waals surface area contributed by atoms with Crippen molar-refractivity contribution in [3.05, 3.63) is 45.8 Å². The first-order chi connectivity index (χ1) is 14.4. The molecule has 8 heteroatoms. The third kappa shape index (κ3) is 5.53. The molecule has 0 N–H and O–H groups in total. The molecule has 0 unspecified atom stereocenters. The number of hydrogen-bond acceptors (Lipinski definition) is 5. The van der Waals surface area contributed by atoms with Crippen molar-refractivity contribution in [1.82, 2.24) is 14.8 Å². The summed E-state index contributed by atoms with van der Waals surface area (Å²) in [5.74, 6) is 0.276. The number of alkyl halides is 3. The first-order valence-electron chi connectivity index (χ1n) is 10.6. The monoisotopic (exact) mass is 439 g/mol. The van der Waals surface area contributed by atoms with Crippen molar-refractivity contribution in [2.75, 3.05) is 26.2 Å². The van der Waals surface area contributed by atoms with Crippen molar-refractivity contribution in [3.63, 3.8) is 0 Å². The van der Waals surface area contributed by atoms with Gasteiger partial charge in [-0.1, -0.05) is 0 Å². The molecule has 0 aliphatic carbocycles. The van der Waals surface area contributed by atoms with E-state index in [1.807, 2.05) is 11.3 Å². The Morgan fingerprint density at radius 2 is 1.77 bits per heavy atom. The van der Waals surface area contributed by atoms with Crippen LogP contribution in [0.3, 0.4) is 0 Å². The summed E-state index contributed by atoms with van der Waals surface area (Å²) >= 11 is 1.89. The van der Waals surface area contributed by atoms with E-state index in [9.17, 15) is 13.2 Å². The van der Waals surface area contributed by atoms with Crippen LogP contribution in [0, 0.1) is 6.92 Å². The highest BCUT2D eigenvalue weighted by molar-refractivity contribution is 7.11. The molecule has 2 saturated heterocycles. The molecule has 30 heavy (non-hydrogen) atoms. The lowest BCUT2D eigenvalue weighted by Gasteiger charge is -2.41. The molecule has 0 aromatic carbocycles. The molecular formula is C22H28F3N3OS. The zero-order valence-electron chi connectivity index (χ0n) is 17.2. The molecule has 0 radical (unpaired) electrons. The van der Waals surface area contributed by atoms with Crippen molar-refractivity contribution < 1.29 is 17.9 Å². The van der Waals surface area contributed by atoms with Gasteiger partial charge in [0, 0.05) is 60.8 Å². The van der Waals surface area contributed by atoms with E-state index < -0.39 is 11.7 Å². The highest BCUT2D eigenvalue weighted by Crippen LogP contribution is 2.30. The Kier molecular flexibility index (Phi) is 6.65. The van der Waals surface area contributed by atoms with E-state index in [0.717, 1.165) is 57.8 Å². The van der Waals surface area contributed by atoms with Crippen LogP contribution in [0.25, 0.3) is 0 Å². The molecule has 2 aromatic rings. The van der Waals surface area contributed by atoms with E-state index in [-0.39, 0.29) is 12.0 Å². The number of aryl methyl sites for hydroxylation is 1. The minimum absolute atomic E-state index is 0.0210. The minimum Gasteiger partial charge on any atom is -0.474 e. The van der Waals surface area contributed by atoms with Crippen LogP contribution in [0.2, 0.25) is 0 Å². The topological polar surface area (TPSA) is 28.6 Å². The summed E-state index contributed by atoms with van der Waals surface area (Å²) in [6, 6.07) is 7.40. The van der Waals surface area contributed by atoms with E-state index in [1.165, 1.54) is 28.7 Å². The Hall–Kier alpha value is -1.64. The lowest BCUT2D eigenvalue weighted by molar-refractivity contribution is -0.137. The van der Waals surface area contributed by atoms with Gasteiger partial charge in [0.1, 0.15) is 6.10 Å². The van der Waals surface area contributed by atoms with Gasteiger partial charge in [-0.15, -0.1) is 11.3 Å². The van der Waals surface area contributed by atoms with Gasteiger partial charge in [-0.25, -0.2) is 4.98 Å². The van der Waals surface area contributed by atoms with Gasteiger partial charge in [0.05, 0.1) is 5.56 Å². The predicted octanol–water partition coefficient (Wildman–Crippen LogP) is 4.98. The molecule has 4 heterocycles. The van der Waals surface area contributed by atoms with Crippen LogP contribution in [0.1, 0.15) is 41.0 Å². The molecule has 0 saturated carbocycles. The highest BCUT2D eigenvalue weighted by atomic mass is 32.1. The second kappa shape index (κ2) is 9.24. The largest absolute Gasteiger partial charge is 0.474 e. The fourth-order valence-electron chi connectivity index (χ4n) is 4.38. The second-order valence-electron chi connectivity index (χ2n) is 8.26. The van der Waals surface area contributed by atoms with Crippen molar-refractivity contribution in [3.8, 4) is 5.88 Å². The van der Waals surface area contributed by atoms with Crippen LogP contribution in [0.5, 0.6) is 5.88 Å². The maximum atomic E-state index is 12.6. The summed E-state index contributed by atoms with van der Waals surface area (Å²) in [5.41, 5.74) is -0.745. The van der Waals surface area contributed by atoms with Gasteiger partial charge in [0.2, 0.25) is 5.88 Å². The van der Waals surface area contributed by atoms with Crippen molar-refractivity contribution in [2.45, 2.75) is 57.5 Å². The zero-order valence-corrected chi connectivity index (χ0v) is 18.0. The van der Waals surface area contributed by atoms with Crippen LogP contribution in [0.4, 0.5) is 13.2 Å².